The highest BCUT2D eigenvalue weighted by molar-refractivity contribution is 7.89. The second-order valence-corrected chi connectivity index (χ2v) is 6.93. The minimum atomic E-state index is -3.41. The molecule has 0 saturated heterocycles. The monoisotopic (exact) mass is 324 g/mol. The number of hydrogen-bond acceptors (Lipinski definition) is 5. The van der Waals surface area contributed by atoms with Crippen molar-refractivity contribution in [2.75, 3.05) is 12.9 Å². The molecule has 7 heteroatoms. The zero-order valence-electron chi connectivity index (χ0n) is 13.1. The van der Waals surface area contributed by atoms with E-state index in [-0.39, 0.29) is 6.10 Å². The second-order valence-electron chi connectivity index (χ2n) is 5.07. The molecule has 0 aliphatic carbocycles. The molecule has 1 heterocycles. The van der Waals surface area contributed by atoms with Crippen molar-refractivity contribution < 1.29 is 17.9 Å². The summed E-state index contributed by atoms with van der Waals surface area (Å²) in [7, 11) is -3.41. The van der Waals surface area contributed by atoms with E-state index in [1.807, 2.05) is 20.8 Å². The maximum Gasteiger partial charge on any atom is 0.237 e. The topological polar surface area (TPSA) is 70.4 Å². The summed E-state index contributed by atoms with van der Waals surface area (Å²) in [6, 6.07) is 5.27. The molecular formula is C15H20N2O4S. The van der Waals surface area contributed by atoms with E-state index >= 15 is 0 Å². The highest BCUT2D eigenvalue weighted by atomic mass is 32.2. The lowest BCUT2D eigenvalue weighted by Gasteiger charge is -2.15. The Bertz CT molecular complexity index is 751. The fourth-order valence-electron chi connectivity index (χ4n) is 2.03. The molecule has 120 valence electrons. The van der Waals surface area contributed by atoms with Crippen LogP contribution in [0.1, 0.15) is 20.8 Å². The Balaban J connectivity index is 2.49. The van der Waals surface area contributed by atoms with E-state index in [0.717, 1.165) is 10.2 Å². The number of nitrogens with zero attached hydrogens (tertiary/aromatic N) is 2. The molecule has 0 atom stereocenters. The Morgan fingerprint density at radius 1 is 1.27 bits per heavy atom. The molecule has 6 nitrogen and oxygen atoms in total. The van der Waals surface area contributed by atoms with E-state index in [9.17, 15) is 8.42 Å². The van der Waals surface area contributed by atoms with Gasteiger partial charge >= 0.3 is 0 Å². The van der Waals surface area contributed by atoms with E-state index in [4.69, 9.17) is 9.47 Å². The fraction of sp³-hybridized carbons (Fsp3) is 0.400. The van der Waals surface area contributed by atoms with Crippen LogP contribution in [0.5, 0.6) is 11.5 Å². The number of benzene rings is 1. The van der Waals surface area contributed by atoms with Gasteiger partial charge in [-0.1, -0.05) is 0 Å². The zero-order chi connectivity index (χ0) is 16.3. The van der Waals surface area contributed by atoms with Gasteiger partial charge in [0, 0.05) is 18.0 Å². The largest absolute Gasteiger partial charge is 0.490 e. The van der Waals surface area contributed by atoms with Crippen LogP contribution >= 0.6 is 0 Å². The van der Waals surface area contributed by atoms with Crippen LogP contribution in [0.25, 0.3) is 11.4 Å². The van der Waals surface area contributed by atoms with Crippen molar-refractivity contribution in [2.45, 2.75) is 26.9 Å². The zero-order valence-corrected chi connectivity index (χ0v) is 13.9. The lowest BCUT2D eigenvalue weighted by Crippen LogP contribution is -2.11. The molecule has 22 heavy (non-hydrogen) atoms. The van der Waals surface area contributed by atoms with Crippen molar-refractivity contribution in [3.63, 3.8) is 0 Å². The van der Waals surface area contributed by atoms with Crippen LogP contribution in [0.15, 0.2) is 30.6 Å². The average molecular weight is 324 g/mol. The Hall–Kier alpha value is -2.02. The average Bonchev–Trinajstić information content (AvgIpc) is 2.89. The molecule has 2 rings (SSSR count). The number of rotatable bonds is 6. The van der Waals surface area contributed by atoms with Crippen molar-refractivity contribution in [1.82, 2.24) is 8.96 Å². The minimum Gasteiger partial charge on any atom is -0.490 e. The Labute approximate surface area is 130 Å². The third kappa shape index (κ3) is 3.59. The van der Waals surface area contributed by atoms with Gasteiger partial charge in [0.2, 0.25) is 10.0 Å². The summed E-state index contributed by atoms with van der Waals surface area (Å²) in [5, 5.41) is 0. The summed E-state index contributed by atoms with van der Waals surface area (Å²) in [5.41, 5.74) is 0.648. The first-order chi connectivity index (χ1) is 10.3. The molecular weight excluding hydrogens is 304 g/mol. The van der Waals surface area contributed by atoms with Crippen molar-refractivity contribution >= 4 is 10.0 Å². The van der Waals surface area contributed by atoms with Crippen LogP contribution in [0.2, 0.25) is 0 Å². The quantitative estimate of drug-likeness (QED) is 0.816. The van der Waals surface area contributed by atoms with Gasteiger partial charge in [0.15, 0.2) is 17.3 Å². The van der Waals surface area contributed by atoms with Crippen molar-refractivity contribution in [3.8, 4) is 22.9 Å². The summed E-state index contributed by atoms with van der Waals surface area (Å²) >= 11 is 0. The van der Waals surface area contributed by atoms with Crippen molar-refractivity contribution in [2.24, 2.45) is 0 Å². The van der Waals surface area contributed by atoms with Crippen molar-refractivity contribution in [3.05, 3.63) is 30.6 Å². The van der Waals surface area contributed by atoms with E-state index in [1.54, 1.807) is 18.2 Å². The molecule has 0 radical (unpaired) electrons. The van der Waals surface area contributed by atoms with Gasteiger partial charge in [-0.3, -0.25) is 0 Å². The molecule has 0 aliphatic rings. The van der Waals surface area contributed by atoms with Gasteiger partial charge in [0.05, 0.1) is 19.0 Å². The van der Waals surface area contributed by atoms with Gasteiger partial charge < -0.3 is 9.47 Å². The maximum atomic E-state index is 11.8. The van der Waals surface area contributed by atoms with Crippen LogP contribution in [0, 0.1) is 0 Å². The predicted molar refractivity (Wildman–Crippen MR) is 84.8 cm³/mol. The van der Waals surface area contributed by atoms with Gasteiger partial charge in [-0.05, 0) is 39.0 Å². The second kappa shape index (κ2) is 6.39. The van der Waals surface area contributed by atoms with Crippen LogP contribution in [-0.2, 0) is 10.0 Å². The number of ether oxygens (including phenoxy) is 2. The summed E-state index contributed by atoms with van der Waals surface area (Å²) < 4.78 is 36.0. The van der Waals surface area contributed by atoms with Gasteiger partial charge in [0.25, 0.3) is 0 Å². The highest BCUT2D eigenvalue weighted by Gasteiger charge is 2.16. The third-order valence-corrected chi connectivity index (χ3v) is 3.84. The van der Waals surface area contributed by atoms with Gasteiger partial charge in [0.1, 0.15) is 0 Å². The molecule has 1 aromatic heterocycles. The molecule has 0 saturated carbocycles. The Kier molecular flexibility index (Phi) is 4.75. The minimum absolute atomic E-state index is 0.0167. The fourth-order valence-corrected chi connectivity index (χ4v) is 2.77. The molecule has 1 aromatic carbocycles. The molecule has 0 aliphatic heterocycles. The predicted octanol–water partition coefficient (Wildman–Crippen LogP) is 2.54. The van der Waals surface area contributed by atoms with Crippen LogP contribution in [-0.4, -0.2) is 36.3 Å². The molecule has 0 amide bonds. The highest BCUT2D eigenvalue weighted by Crippen LogP contribution is 2.33. The third-order valence-electron chi connectivity index (χ3n) is 2.83. The first-order valence-electron chi connectivity index (χ1n) is 7.00. The normalized spacial score (nSPS) is 11.7. The first-order valence-corrected chi connectivity index (χ1v) is 8.85. The van der Waals surface area contributed by atoms with E-state index < -0.39 is 10.0 Å². The van der Waals surface area contributed by atoms with E-state index in [2.05, 4.69) is 4.98 Å². The summed E-state index contributed by atoms with van der Waals surface area (Å²) in [4.78, 5) is 4.13. The van der Waals surface area contributed by atoms with Crippen LogP contribution in [0.3, 0.4) is 0 Å². The van der Waals surface area contributed by atoms with Gasteiger partial charge in [-0.25, -0.2) is 17.4 Å². The first kappa shape index (κ1) is 16.4. The summed E-state index contributed by atoms with van der Waals surface area (Å²) in [6.45, 7) is 6.22. The van der Waals surface area contributed by atoms with Crippen LogP contribution in [0.4, 0.5) is 0 Å². The number of aromatic nitrogens is 2. The molecule has 0 spiro atoms. The lowest BCUT2D eigenvalue weighted by atomic mass is 10.2. The lowest BCUT2D eigenvalue weighted by molar-refractivity contribution is 0.224. The SMILES string of the molecule is CCOc1cc(-c2nccn2S(C)(=O)=O)ccc1OC(C)C. The van der Waals surface area contributed by atoms with Crippen LogP contribution < -0.4 is 9.47 Å². The molecule has 0 bridgehead atoms. The molecule has 0 fully saturated rings. The van der Waals surface area contributed by atoms with E-state index in [1.165, 1.54) is 12.4 Å². The molecule has 0 N–H and O–H groups in total. The van der Waals surface area contributed by atoms with Gasteiger partial charge in [-0.2, -0.15) is 0 Å². The standard InChI is InChI=1S/C15H20N2O4S/c1-5-20-14-10-12(6-7-13(14)21-11(2)3)15-16-8-9-17(15)22(4,18)19/h6-11H,5H2,1-4H3. The summed E-state index contributed by atoms with van der Waals surface area (Å²) in [5.74, 6) is 1.54. The van der Waals surface area contributed by atoms with E-state index in [0.29, 0.717) is 29.5 Å². The number of hydrogen-bond donors (Lipinski definition) is 0. The molecule has 0 unspecified atom stereocenters. The van der Waals surface area contributed by atoms with Crippen molar-refractivity contribution in [1.29, 1.82) is 0 Å². The number of imidazole rings is 1. The summed E-state index contributed by atoms with van der Waals surface area (Å²) in [6.07, 6.45) is 4.03. The molecule has 2 aromatic rings. The maximum absolute atomic E-state index is 11.8. The smallest absolute Gasteiger partial charge is 0.237 e. The Morgan fingerprint density at radius 2 is 2.00 bits per heavy atom. The Morgan fingerprint density at radius 3 is 2.59 bits per heavy atom. The van der Waals surface area contributed by atoms with Gasteiger partial charge in [-0.15, -0.1) is 0 Å².